The second-order valence-electron chi connectivity index (χ2n) is 7.89. The lowest BCUT2D eigenvalue weighted by molar-refractivity contribution is -0.145. The Kier molecular flexibility index (Phi) is 3.85. The van der Waals surface area contributed by atoms with Crippen LogP contribution in [0.4, 0.5) is 0 Å². The Hall–Kier alpha value is -1.81. The van der Waals surface area contributed by atoms with Crippen LogP contribution in [-0.4, -0.2) is 16.4 Å². The Balaban J connectivity index is 1.57. The summed E-state index contributed by atoms with van der Waals surface area (Å²) in [4.78, 5) is 0. The molecular formula is C22H23BrN2O. The smallest absolute Gasteiger partial charge is 0.198 e. The fraction of sp³-hybridized carbons (Fsp3) is 0.409. The zero-order chi connectivity index (χ0) is 17.7. The number of ether oxygens (including phenoxy) is 1. The highest BCUT2D eigenvalue weighted by atomic mass is 79.9. The van der Waals surface area contributed by atoms with Gasteiger partial charge < -0.3 is 4.74 Å². The Bertz CT molecular complexity index is 853. The van der Waals surface area contributed by atoms with E-state index in [2.05, 4.69) is 76.4 Å². The Morgan fingerprint density at radius 2 is 1.81 bits per heavy atom. The zero-order valence-corrected chi connectivity index (χ0v) is 16.6. The molecule has 0 saturated heterocycles. The molecule has 0 N–H and O–H groups in total. The topological polar surface area (TPSA) is 24.8 Å². The summed E-state index contributed by atoms with van der Waals surface area (Å²) in [6.45, 7) is 2.35. The van der Waals surface area contributed by atoms with Gasteiger partial charge in [0.1, 0.15) is 5.75 Å². The Morgan fingerprint density at radius 3 is 2.58 bits per heavy atom. The molecule has 1 spiro atoms. The number of fused-ring (bicyclic) bond motifs is 4. The summed E-state index contributed by atoms with van der Waals surface area (Å²) < 4.78 is 7.74. The molecule has 0 amide bonds. The first-order valence-corrected chi connectivity index (χ1v) is 10.3. The normalized spacial score (nSPS) is 29.8. The molecule has 2 aromatic rings. The van der Waals surface area contributed by atoms with Gasteiger partial charge in [-0.15, -0.1) is 0 Å². The largest absolute Gasteiger partial charge is 0.466 e. The van der Waals surface area contributed by atoms with Crippen molar-refractivity contribution in [2.45, 2.75) is 50.8 Å². The number of benzene rings is 2. The van der Waals surface area contributed by atoms with E-state index in [0.29, 0.717) is 0 Å². The third-order valence-corrected chi connectivity index (χ3v) is 6.67. The SMILES string of the molecule is CC1CCC2(CC1)Oc1ccccc1[C@H]1CC(c3ccc(Br)cc3)=NN12. The van der Waals surface area contributed by atoms with E-state index in [-0.39, 0.29) is 11.8 Å². The van der Waals surface area contributed by atoms with Crippen molar-refractivity contribution < 1.29 is 4.74 Å². The minimum absolute atomic E-state index is 0.275. The molecule has 1 atom stereocenters. The van der Waals surface area contributed by atoms with E-state index in [1.54, 1.807) is 0 Å². The third-order valence-electron chi connectivity index (χ3n) is 6.14. The molecule has 3 nitrogen and oxygen atoms in total. The van der Waals surface area contributed by atoms with Gasteiger partial charge in [-0.3, -0.25) is 0 Å². The van der Waals surface area contributed by atoms with Crippen LogP contribution < -0.4 is 4.74 Å². The van der Waals surface area contributed by atoms with Gasteiger partial charge >= 0.3 is 0 Å². The van der Waals surface area contributed by atoms with Crippen LogP contribution in [-0.2, 0) is 0 Å². The average Bonchev–Trinajstić information content (AvgIpc) is 3.12. The molecule has 2 aliphatic heterocycles. The summed E-state index contributed by atoms with van der Waals surface area (Å²) in [6, 6.07) is 17.3. The predicted molar refractivity (Wildman–Crippen MR) is 107 cm³/mol. The molecule has 1 saturated carbocycles. The van der Waals surface area contributed by atoms with Crippen molar-refractivity contribution >= 4 is 21.6 Å². The van der Waals surface area contributed by atoms with Gasteiger partial charge in [-0.05, 0) is 42.5 Å². The molecule has 0 unspecified atom stereocenters. The van der Waals surface area contributed by atoms with Crippen molar-refractivity contribution in [3.63, 3.8) is 0 Å². The van der Waals surface area contributed by atoms with Crippen LogP contribution in [0.1, 0.15) is 56.2 Å². The lowest BCUT2D eigenvalue weighted by Crippen LogP contribution is -2.55. The maximum Gasteiger partial charge on any atom is 0.198 e. The standard InChI is InChI=1S/C22H23BrN2O/c1-15-10-12-22(13-11-15)25-20(18-4-2-3-5-21(18)26-22)14-19(24-25)16-6-8-17(23)9-7-16/h2-9,15,20H,10-14H2,1H3/t15?,20-,22?/m1/s1. The quantitative estimate of drug-likeness (QED) is 0.584. The molecule has 0 aromatic heterocycles. The van der Waals surface area contributed by atoms with E-state index in [1.165, 1.54) is 29.7 Å². The summed E-state index contributed by atoms with van der Waals surface area (Å²) in [5, 5.41) is 7.42. The molecule has 2 aromatic carbocycles. The number of hydrogen-bond donors (Lipinski definition) is 0. The molecular weight excluding hydrogens is 388 g/mol. The van der Waals surface area contributed by atoms with Crippen molar-refractivity contribution in [3.8, 4) is 5.75 Å². The average molecular weight is 411 g/mol. The van der Waals surface area contributed by atoms with Gasteiger partial charge in [0.25, 0.3) is 0 Å². The van der Waals surface area contributed by atoms with E-state index in [1.807, 2.05) is 0 Å². The van der Waals surface area contributed by atoms with Gasteiger partial charge in [-0.1, -0.05) is 53.2 Å². The summed E-state index contributed by atoms with van der Waals surface area (Å²) in [7, 11) is 0. The van der Waals surface area contributed by atoms with Crippen molar-refractivity contribution in [2.75, 3.05) is 0 Å². The summed E-state index contributed by atoms with van der Waals surface area (Å²) >= 11 is 3.53. The highest BCUT2D eigenvalue weighted by Gasteiger charge is 2.51. The van der Waals surface area contributed by atoms with Gasteiger partial charge in [-0.2, -0.15) is 5.10 Å². The van der Waals surface area contributed by atoms with Crippen molar-refractivity contribution in [2.24, 2.45) is 11.0 Å². The Morgan fingerprint density at radius 1 is 1.08 bits per heavy atom. The number of para-hydroxylation sites is 1. The molecule has 3 aliphatic rings. The number of hydrogen-bond acceptors (Lipinski definition) is 3. The first-order valence-electron chi connectivity index (χ1n) is 9.55. The van der Waals surface area contributed by atoms with Crippen LogP contribution in [0.25, 0.3) is 0 Å². The first-order chi connectivity index (χ1) is 12.6. The van der Waals surface area contributed by atoms with Gasteiger partial charge in [0, 0.05) is 29.3 Å². The minimum Gasteiger partial charge on any atom is -0.466 e. The predicted octanol–water partition coefficient (Wildman–Crippen LogP) is 5.90. The maximum atomic E-state index is 6.64. The minimum atomic E-state index is -0.275. The summed E-state index contributed by atoms with van der Waals surface area (Å²) in [6.07, 6.45) is 5.45. The number of rotatable bonds is 1. The van der Waals surface area contributed by atoms with E-state index in [4.69, 9.17) is 9.84 Å². The fourth-order valence-corrected chi connectivity index (χ4v) is 4.85. The van der Waals surface area contributed by atoms with Crippen LogP contribution in [0.2, 0.25) is 0 Å². The van der Waals surface area contributed by atoms with Gasteiger partial charge in [0.15, 0.2) is 5.72 Å². The van der Waals surface area contributed by atoms with Crippen LogP contribution in [0.3, 0.4) is 0 Å². The van der Waals surface area contributed by atoms with Crippen molar-refractivity contribution in [3.05, 3.63) is 64.1 Å². The Labute approximate surface area is 163 Å². The molecule has 4 heteroatoms. The van der Waals surface area contributed by atoms with Gasteiger partial charge in [-0.25, -0.2) is 5.01 Å². The molecule has 0 bridgehead atoms. The fourth-order valence-electron chi connectivity index (χ4n) is 4.59. The second kappa shape index (κ2) is 6.12. The van der Waals surface area contributed by atoms with Crippen LogP contribution >= 0.6 is 15.9 Å². The molecule has 5 rings (SSSR count). The number of hydrazone groups is 1. The van der Waals surface area contributed by atoms with E-state index < -0.39 is 0 Å². The first kappa shape index (κ1) is 16.4. The van der Waals surface area contributed by atoms with E-state index in [0.717, 1.165) is 35.4 Å². The maximum absolute atomic E-state index is 6.64. The van der Waals surface area contributed by atoms with Crippen LogP contribution in [0, 0.1) is 5.92 Å². The lowest BCUT2D eigenvalue weighted by atomic mass is 9.82. The molecule has 2 heterocycles. The lowest BCUT2D eigenvalue weighted by Gasteiger charge is -2.50. The molecule has 1 fully saturated rings. The van der Waals surface area contributed by atoms with Crippen LogP contribution in [0.15, 0.2) is 58.1 Å². The van der Waals surface area contributed by atoms with Crippen LogP contribution in [0.5, 0.6) is 5.75 Å². The number of nitrogens with zero attached hydrogens (tertiary/aromatic N) is 2. The highest BCUT2D eigenvalue weighted by Crippen LogP contribution is 2.51. The van der Waals surface area contributed by atoms with E-state index >= 15 is 0 Å². The zero-order valence-electron chi connectivity index (χ0n) is 15.0. The summed E-state index contributed by atoms with van der Waals surface area (Å²) in [5.74, 6) is 1.83. The molecule has 0 radical (unpaired) electrons. The molecule has 1 aliphatic carbocycles. The van der Waals surface area contributed by atoms with Gasteiger partial charge in [0.2, 0.25) is 0 Å². The number of halogens is 1. The van der Waals surface area contributed by atoms with Crippen molar-refractivity contribution in [1.29, 1.82) is 0 Å². The van der Waals surface area contributed by atoms with E-state index in [9.17, 15) is 0 Å². The second-order valence-corrected chi connectivity index (χ2v) is 8.80. The highest BCUT2D eigenvalue weighted by molar-refractivity contribution is 9.10. The monoisotopic (exact) mass is 410 g/mol. The third kappa shape index (κ3) is 2.58. The van der Waals surface area contributed by atoms with Crippen molar-refractivity contribution in [1.82, 2.24) is 5.01 Å². The summed E-state index contributed by atoms with van der Waals surface area (Å²) in [5.41, 5.74) is 3.37. The van der Waals surface area contributed by atoms with Gasteiger partial charge in [0.05, 0.1) is 11.8 Å². The molecule has 26 heavy (non-hydrogen) atoms. The molecule has 134 valence electrons.